The highest BCUT2D eigenvalue weighted by atomic mass is 16.2. The molecule has 0 aromatic rings. The van der Waals surface area contributed by atoms with Gasteiger partial charge >= 0.3 is 0 Å². The molecule has 0 aromatic carbocycles. The minimum absolute atomic E-state index is 0.0962. The molecule has 15 heavy (non-hydrogen) atoms. The lowest BCUT2D eigenvalue weighted by Gasteiger charge is -2.29. The average Bonchev–Trinajstić information content (AvgIpc) is 2.22. The van der Waals surface area contributed by atoms with Crippen LogP contribution in [0.5, 0.6) is 0 Å². The minimum Gasteiger partial charge on any atom is -0.355 e. The van der Waals surface area contributed by atoms with Gasteiger partial charge in [-0.15, -0.1) is 0 Å². The van der Waals surface area contributed by atoms with Crippen molar-refractivity contribution in [2.75, 3.05) is 32.7 Å². The van der Waals surface area contributed by atoms with E-state index < -0.39 is 0 Å². The van der Waals surface area contributed by atoms with Gasteiger partial charge in [-0.1, -0.05) is 0 Å². The van der Waals surface area contributed by atoms with Crippen molar-refractivity contribution in [1.29, 1.82) is 0 Å². The van der Waals surface area contributed by atoms with Crippen molar-refractivity contribution in [1.82, 2.24) is 10.2 Å². The Morgan fingerprint density at radius 2 is 2.07 bits per heavy atom. The molecule has 0 aromatic heterocycles. The van der Waals surface area contributed by atoms with E-state index in [9.17, 15) is 4.79 Å². The first-order valence-electron chi connectivity index (χ1n) is 5.67. The molecule has 0 saturated carbocycles. The van der Waals surface area contributed by atoms with Crippen LogP contribution in [0.4, 0.5) is 0 Å². The zero-order chi connectivity index (χ0) is 11.1. The van der Waals surface area contributed by atoms with Gasteiger partial charge in [0.05, 0.1) is 6.54 Å². The third-order valence-electron chi connectivity index (χ3n) is 2.70. The van der Waals surface area contributed by atoms with Gasteiger partial charge in [0.1, 0.15) is 0 Å². The van der Waals surface area contributed by atoms with Crippen molar-refractivity contribution in [2.24, 2.45) is 11.5 Å². The number of carbonyl (C=O) groups is 1. The number of rotatable bonds is 5. The highest BCUT2D eigenvalue weighted by molar-refractivity contribution is 5.77. The van der Waals surface area contributed by atoms with Crippen molar-refractivity contribution >= 4 is 5.91 Å². The third kappa shape index (κ3) is 5.11. The zero-order valence-electron chi connectivity index (χ0n) is 9.24. The molecule has 88 valence electrons. The minimum atomic E-state index is 0.0962. The molecule has 1 aliphatic heterocycles. The summed E-state index contributed by atoms with van der Waals surface area (Å²) in [6.45, 7) is 3.68. The van der Waals surface area contributed by atoms with Gasteiger partial charge in [-0.05, 0) is 25.8 Å². The largest absolute Gasteiger partial charge is 0.355 e. The summed E-state index contributed by atoms with van der Waals surface area (Å²) < 4.78 is 0. The highest BCUT2D eigenvalue weighted by Gasteiger charge is 2.17. The highest BCUT2D eigenvalue weighted by Crippen LogP contribution is 2.06. The van der Waals surface area contributed by atoms with Gasteiger partial charge in [-0.25, -0.2) is 0 Å². The van der Waals surface area contributed by atoms with Crippen molar-refractivity contribution < 1.29 is 4.79 Å². The molecule has 0 bridgehead atoms. The molecule has 5 nitrogen and oxygen atoms in total. The maximum atomic E-state index is 11.4. The van der Waals surface area contributed by atoms with E-state index in [0.717, 1.165) is 32.4 Å². The molecule has 0 unspecified atom stereocenters. The number of nitrogens with zero attached hydrogens (tertiary/aromatic N) is 1. The molecule has 1 rings (SSSR count). The maximum Gasteiger partial charge on any atom is 0.234 e. The molecule has 5 heteroatoms. The van der Waals surface area contributed by atoms with Gasteiger partial charge in [0.25, 0.3) is 0 Å². The molecule has 0 radical (unpaired) electrons. The number of carbonyl (C=O) groups excluding carboxylic acids is 1. The Kier molecular flexibility index (Phi) is 5.60. The molecule has 0 atom stereocenters. The van der Waals surface area contributed by atoms with Crippen molar-refractivity contribution in [3.63, 3.8) is 0 Å². The predicted molar refractivity (Wildman–Crippen MR) is 60.3 cm³/mol. The summed E-state index contributed by atoms with van der Waals surface area (Å²) in [7, 11) is 0. The second-order valence-corrected chi connectivity index (χ2v) is 4.11. The molecule has 0 spiro atoms. The number of piperidine rings is 1. The molecular formula is C10H22N4O. The third-order valence-corrected chi connectivity index (χ3v) is 2.70. The molecule has 0 aliphatic carbocycles. The van der Waals surface area contributed by atoms with Crippen LogP contribution in [0.1, 0.15) is 19.3 Å². The van der Waals surface area contributed by atoms with Gasteiger partial charge in [-0.3, -0.25) is 9.69 Å². The van der Waals surface area contributed by atoms with Crippen LogP contribution >= 0.6 is 0 Å². The number of amides is 1. The Labute approximate surface area is 91.2 Å². The van der Waals surface area contributed by atoms with Crippen LogP contribution in [0.25, 0.3) is 0 Å². The second-order valence-electron chi connectivity index (χ2n) is 4.11. The fraction of sp³-hybridized carbons (Fsp3) is 0.900. The smallest absolute Gasteiger partial charge is 0.234 e. The fourth-order valence-corrected chi connectivity index (χ4v) is 1.70. The van der Waals surface area contributed by atoms with Crippen LogP contribution in [0.15, 0.2) is 0 Å². The lowest BCUT2D eigenvalue weighted by molar-refractivity contribution is -0.122. The maximum absolute atomic E-state index is 11.4. The van der Waals surface area contributed by atoms with Crippen LogP contribution in [0.3, 0.4) is 0 Å². The van der Waals surface area contributed by atoms with Crippen molar-refractivity contribution in [3.05, 3.63) is 0 Å². The number of nitrogens with one attached hydrogen (secondary N) is 1. The summed E-state index contributed by atoms with van der Waals surface area (Å²) in [5, 5.41) is 2.85. The summed E-state index contributed by atoms with van der Waals surface area (Å²) in [4.78, 5) is 13.6. The number of hydrogen-bond donors (Lipinski definition) is 3. The summed E-state index contributed by atoms with van der Waals surface area (Å²) in [6, 6.07) is 0.321. The monoisotopic (exact) mass is 214 g/mol. The van der Waals surface area contributed by atoms with E-state index in [2.05, 4.69) is 10.2 Å². The van der Waals surface area contributed by atoms with E-state index in [4.69, 9.17) is 11.5 Å². The summed E-state index contributed by atoms with van der Waals surface area (Å²) in [5.74, 6) is 0.0962. The van der Waals surface area contributed by atoms with Crippen LogP contribution in [0, 0.1) is 0 Å². The number of hydrogen-bond acceptors (Lipinski definition) is 4. The van der Waals surface area contributed by atoms with Crippen LogP contribution in [-0.4, -0.2) is 49.6 Å². The second kappa shape index (κ2) is 6.76. The van der Waals surface area contributed by atoms with Gasteiger partial charge in [-0.2, -0.15) is 0 Å². The standard InChI is InChI=1S/C10H22N4O/c11-4-1-5-13-10(15)8-14-6-2-9(12)3-7-14/h9H,1-8,11-12H2,(H,13,15). The summed E-state index contributed by atoms with van der Waals surface area (Å²) in [6.07, 6.45) is 2.84. The SMILES string of the molecule is NCCCNC(=O)CN1CCC(N)CC1. The fourth-order valence-electron chi connectivity index (χ4n) is 1.70. The first-order chi connectivity index (χ1) is 7.22. The van der Waals surface area contributed by atoms with Crippen LogP contribution in [0.2, 0.25) is 0 Å². The van der Waals surface area contributed by atoms with Crippen molar-refractivity contribution in [3.8, 4) is 0 Å². The molecule has 1 amide bonds. The molecule has 1 saturated heterocycles. The lowest BCUT2D eigenvalue weighted by Crippen LogP contribution is -2.44. The summed E-state index contributed by atoms with van der Waals surface area (Å²) >= 11 is 0. The molecule has 1 heterocycles. The van der Waals surface area contributed by atoms with E-state index in [0.29, 0.717) is 25.7 Å². The normalized spacial score (nSPS) is 19.1. The van der Waals surface area contributed by atoms with Gasteiger partial charge in [0.2, 0.25) is 5.91 Å². The summed E-state index contributed by atoms with van der Waals surface area (Å²) in [5.41, 5.74) is 11.1. The Morgan fingerprint density at radius 1 is 1.40 bits per heavy atom. The van der Waals surface area contributed by atoms with Gasteiger partial charge in [0, 0.05) is 25.7 Å². The molecule has 1 aliphatic rings. The van der Waals surface area contributed by atoms with E-state index in [1.165, 1.54) is 0 Å². The topological polar surface area (TPSA) is 84.4 Å². The molecular weight excluding hydrogens is 192 g/mol. The van der Waals surface area contributed by atoms with Crippen LogP contribution in [-0.2, 0) is 4.79 Å². The first-order valence-corrected chi connectivity index (χ1v) is 5.67. The Hall–Kier alpha value is -0.650. The van der Waals surface area contributed by atoms with Crippen molar-refractivity contribution in [2.45, 2.75) is 25.3 Å². The van der Waals surface area contributed by atoms with E-state index in [1.807, 2.05) is 0 Å². The van der Waals surface area contributed by atoms with E-state index in [-0.39, 0.29) is 5.91 Å². The zero-order valence-corrected chi connectivity index (χ0v) is 9.24. The number of nitrogens with two attached hydrogens (primary N) is 2. The van der Waals surface area contributed by atoms with Gasteiger partial charge in [0.15, 0.2) is 0 Å². The van der Waals surface area contributed by atoms with Crippen LogP contribution < -0.4 is 16.8 Å². The first kappa shape index (κ1) is 12.4. The lowest BCUT2D eigenvalue weighted by atomic mass is 10.1. The predicted octanol–water partition coefficient (Wildman–Crippen LogP) is -1.13. The average molecular weight is 214 g/mol. The molecule has 1 fully saturated rings. The quantitative estimate of drug-likeness (QED) is 0.506. The Balaban J connectivity index is 2.09. The number of likely N-dealkylation sites (tertiary alicyclic amines) is 1. The Morgan fingerprint density at radius 3 is 2.67 bits per heavy atom. The molecule has 5 N–H and O–H groups in total. The van der Waals surface area contributed by atoms with E-state index >= 15 is 0 Å². The Bertz CT molecular complexity index is 190. The van der Waals surface area contributed by atoms with Gasteiger partial charge < -0.3 is 16.8 Å². The van der Waals surface area contributed by atoms with E-state index in [1.54, 1.807) is 0 Å².